The third-order valence-corrected chi connectivity index (χ3v) is 9.74. The Morgan fingerprint density at radius 2 is 1.68 bits per heavy atom. The van der Waals surface area contributed by atoms with E-state index in [2.05, 4.69) is 19.8 Å². The summed E-state index contributed by atoms with van der Waals surface area (Å²) in [6.45, 7) is 2.62. The molecule has 0 aliphatic carbocycles. The largest absolute Gasteiger partial charge is 0.481 e. The lowest BCUT2D eigenvalue weighted by molar-refractivity contribution is 0.124. The second-order valence-corrected chi connectivity index (χ2v) is 12.0. The van der Waals surface area contributed by atoms with Gasteiger partial charge in [0.1, 0.15) is 10.7 Å². The molecule has 1 unspecified atom stereocenters. The molecule has 0 spiro atoms. The van der Waals surface area contributed by atoms with Crippen molar-refractivity contribution in [1.29, 1.82) is 0 Å². The highest BCUT2D eigenvalue weighted by atomic mass is 35.5. The van der Waals surface area contributed by atoms with E-state index in [1.807, 2.05) is 24.3 Å². The summed E-state index contributed by atoms with van der Waals surface area (Å²) in [5.74, 6) is -0.421. The van der Waals surface area contributed by atoms with Crippen molar-refractivity contribution in [1.82, 2.24) is 14.9 Å². The number of aromatic nitrogens is 2. The van der Waals surface area contributed by atoms with Crippen LogP contribution in [0.2, 0.25) is 5.02 Å². The van der Waals surface area contributed by atoms with Crippen LogP contribution in [0.4, 0.5) is 15.8 Å². The fraction of sp³-hybridized carbons (Fsp3) is 0.241. The number of anilines is 2. The van der Waals surface area contributed by atoms with Crippen molar-refractivity contribution in [2.75, 3.05) is 49.0 Å². The summed E-state index contributed by atoms with van der Waals surface area (Å²) in [7, 11) is -2.73. The highest BCUT2D eigenvalue weighted by Crippen LogP contribution is 2.52. The number of piperazine rings is 1. The molecular weight excluding hydrogens is 553 g/mol. The highest BCUT2D eigenvalue weighted by Gasteiger charge is 2.54. The zero-order valence-corrected chi connectivity index (χ0v) is 23.3. The van der Waals surface area contributed by atoms with Crippen LogP contribution in [-0.2, 0) is 15.6 Å². The third-order valence-electron chi connectivity index (χ3n) is 7.71. The van der Waals surface area contributed by atoms with E-state index in [1.54, 1.807) is 43.9 Å². The molecule has 1 saturated heterocycles. The quantitative estimate of drug-likeness (QED) is 0.331. The predicted molar refractivity (Wildman–Crippen MR) is 152 cm³/mol. The zero-order valence-electron chi connectivity index (χ0n) is 21.7. The Kier molecular flexibility index (Phi) is 6.85. The van der Waals surface area contributed by atoms with Crippen LogP contribution in [0.1, 0.15) is 11.1 Å². The number of ether oxygens (including phenoxy) is 1. The maximum Gasteiger partial charge on any atom is 0.267 e. The SMILES string of the molecule is COc1ncccc1C1(N2CCN(c3ccncc3)CC2)CN(S(=O)(=O)c2ccccc2F)c2ccc(Cl)cc21. The molecule has 11 heteroatoms. The van der Waals surface area contributed by atoms with E-state index < -0.39 is 21.4 Å². The number of halogens is 2. The van der Waals surface area contributed by atoms with Crippen molar-refractivity contribution < 1.29 is 17.5 Å². The standard InChI is InChI=1S/C29H27ClFN5O3S/c1-39-28-23(5-4-12-33-28)29(35-17-15-34(16-18-35)22-10-13-32-14-11-22)20-36(26-9-8-21(30)19-24(26)29)40(37,38)27-7-3-2-6-25(27)31/h2-14,19H,15-18,20H2,1H3. The molecule has 0 bridgehead atoms. The van der Waals surface area contributed by atoms with Gasteiger partial charge in [-0.1, -0.05) is 23.7 Å². The Labute approximate surface area is 237 Å². The number of hydrogen-bond donors (Lipinski definition) is 0. The van der Waals surface area contributed by atoms with E-state index in [1.165, 1.54) is 22.5 Å². The number of fused-ring (bicyclic) bond motifs is 1. The second-order valence-electron chi connectivity index (χ2n) is 9.70. The molecule has 1 fully saturated rings. The molecule has 0 radical (unpaired) electrons. The number of methoxy groups -OCH3 is 1. The third kappa shape index (κ3) is 4.27. The van der Waals surface area contributed by atoms with E-state index in [4.69, 9.17) is 16.3 Å². The maximum atomic E-state index is 14.9. The first-order valence-electron chi connectivity index (χ1n) is 12.8. The molecular formula is C29H27ClFN5O3S. The molecule has 1 atom stereocenters. The van der Waals surface area contributed by atoms with E-state index in [0.717, 1.165) is 11.8 Å². The molecule has 0 amide bonds. The fourth-order valence-electron chi connectivity index (χ4n) is 5.86. The van der Waals surface area contributed by atoms with Crippen LogP contribution in [0.5, 0.6) is 5.88 Å². The lowest BCUT2D eigenvalue weighted by Gasteiger charge is -2.47. The van der Waals surface area contributed by atoms with Gasteiger partial charge in [0.2, 0.25) is 5.88 Å². The molecule has 4 heterocycles. The van der Waals surface area contributed by atoms with Crippen molar-refractivity contribution in [2.45, 2.75) is 10.4 Å². The number of sulfonamides is 1. The molecule has 2 aliphatic heterocycles. The van der Waals surface area contributed by atoms with E-state index in [-0.39, 0.29) is 11.4 Å². The van der Waals surface area contributed by atoms with Gasteiger partial charge >= 0.3 is 0 Å². The number of benzene rings is 2. The molecule has 206 valence electrons. The van der Waals surface area contributed by atoms with Gasteiger partial charge < -0.3 is 9.64 Å². The van der Waals surface area contributed by atoms with Crippen LogP contribution in [0.15, 0.2) is 90.2 Å². The smallest absolute Gasteiger partial charge is 0.267 e. The van der Waals surface area contributed by atoms with Crippen LogP contribution in [0, 0.1) is 5.82 Å². The average molecular weight is 580 g/mol. The summed E-state index contributed by atoms with van der Waals surface area (Å²) < 4.78 is 50.0. The van der Waals surface area contributed by atoms with Crippen LogP contribution < -0.4 is 13.9 Å². The lowest BCUT2D eigenvalue weighted by atomic mass is 9.82. The van der Waals surface area contributed by atoms with Crippen LogP contribution in [-0.4, -0.2) is 63.1 Å². The van der Waals surface area contributed by atoms with Gasteiger partial charge in [-0.3, -0.25) is 14.2 Å². The Morgan fingerprint density at radius 3 is 2.40 bits per heavy atom. The minimum Gasteiger partial charge on any atom is -0.481 e. The van der Waals surface area contributed by atoms with Gasteiger partial charge in [0.05, 0.1) is 24.9 Å². The first kappa shape index (κ1) is 26.5. The Bertz CT molecular complexity index is 1650. The Hall–Kier alpha value is -3.73. The van der Waals surface area contributed by atoms with Crippen molar-refractivity contribution in [3.8, 4) is 5.88 Å². The van der Waals surface area contributed by atoms with Gasteiger partial charge in [-0.15, -0.1) is 0 Å². The predicted octanol–water partition coefficient (Wildman–Crippen LogP) is 4.55. The lowest BCUT2D eigenvalue weighted by Crippen LogP contribution is -2.58. The number of pyridine rings is 2. The zero-order chi connectivity index (χ0) is 27.9. The van der Waals surface area contributed by atoms with Crippen LogP contribution >= 0.6 is 11.6 Å². The van der Waals surface area contributed by atoms with Gasteiger partial charge in [-0.05, 0) is 54.6 Å². The van der Waals surface area contributed by atoms with Gasteiger partial charge in [0, 0.05) is 66.6 Å². The topological polar surface area (TPSA) is 78.9 Å². The monoisotopic (exact) mass is 579 g/mol. The molecule has 0 N–H and O–H groups in total. The van der Waals surface area contributed by atoms with Crippen molar-refractivity contribution in [3.63, 3.8) is 0 Å². The second kappa shape index (κ2) is 10.3. The molecule has 8 nitrogen and oxygen atoms in total. The fourth-order valence-corrected chi connectivity index (χ4v) is 7.61. The first-order valence-corrected chi connectivity index (χ1v) is 14.6. The van der Waals surface area contributed by atoms with Gasteiger partial charge in [0.25, 0.3) is 10.0 Å². The maximum absolute atomic E-state index is 14.9. The normalized spacial score (nSPS) is 19.5. The highest BCUT2D eigenvalue weighted by molar-refractivity contribution is 7.92. The van der Waals surface area contributed by atoms with Gasteiger partial charge in [-0.2, -0.15) is 0 Å². The summed E-state index contributed by atoms with van der Waals surface area (Å²) in [6.07, 6.45) is 5.17. The average Bonchev–Trinajstić information content (AvgIpc) is 3.34. The first-order chi connectivity index (χ1) is 19.4. The Morgan fingerprint density at radius 1 is 0.925 bits per heavy atom. The van der Waals surface area contributed by atoms with Gasteiger partial charge in [-0.25, -0.2) is 17.8 Å². The van der Waals surface area contributed by atoms with E-state index in [9.17, 15) is 12.8 Å². The minimum atomic E-state index is -4.28. The molecule has 40 heavy (non-hydrogen) atoms. The summed E-state index contributed by atoms with van der Waals surface area (Å²) in [4.78, 5) is 12.7. The molecule has 6 rings (SSSR count). The molecule has 2 aliphatic rings. The minimum absolute atomic E-state index is 0.00332. The molecule has 2 aromatic heterocycles. The van der Waals surface area contributed by atoms with Crippen molar-refractivity contribution in [3.05, 3.63) is 107 Å². The summed E-state index contributed by atoms with van der Waals surface area (Å²) in [5.41, 5.74) is 1.92. The van der Waals surface area contributed by atoms with Gasteiger partial charge in [0.15, 0.2) is 0 Å². The number of hydrogen-bond acceptors (Lipinski definition) is 7. The van der Waals surface area contributed by atoms with Crippen molar-refractivity contribution >= 4 is 33.0 Å². The summed E-state index contributed by atoms with van der Waals surface area (Å²) in [5, 5.41) is 0.464. The Balaban J connectivity index is 1.51. The van der Waals surface area contributed by atoms with Crippen LogP contribution in [0.3, 0.4) is 0 Å². The van der Waals surface area contributed by atoms with E-state index in [0.29, 0.717) is 53.9 Å². The van der Waals surface area contributed by atoms with Crippen LogP contribution in [0.25, 0.3) is 0 Å². The number of rotatable bonds is 6. The molecule has 2 aromatic carbocycles. The molecule has 4 aromatic rings. The number of nitrogens with zero attached hydrogens (tertiary/aromatic N) is 5. The summed E-state index contributed by atoms with van der Waals surface area (Å²) >= 11 is 6.55. The summed E-state index contributed by atoms with van der Waals surface area (Å²) in [6, 6.07) is 18.2. The molecule has 0 saturated carbocycles. The van der Waals surface area contributed by atoms with Crippen molar-refractivity contribution in [2.24, 2.45) is 0 Å². The van der Waals surface area contributed by atoms with E-state index >= 15 is 0 Å².